The first-order chi connectivity index (χ1) is 6.79. The highest BCUT2D eigenvalue weighted by atomic mass is 16.4. The summed E-state index contributed by atoms with van der Waals surface area (Å²) in [6.45, 7) is 1.91. The summed E-state index contributed by atoms with van der Waals surface area (Å²) in [6, 6.07) is 7.23. The summed E-state index contributed by atoms with van der Waals surface area (Å²) >= 11 is 0. The molecule has 2 rings (SSSR count). The predicted octanol–water partition coefficient (Wildman–Crippen LogP) is 2.06. The van der Waals surface area contributed by atoms with E-state index in [1.807, 2.05) is 19.1 Å². The molecule has 0 spiro atoms. The minimum absolute atomic E-state index is 0.520. The van der Waals surface area contributed by atoms with Crippen molar-refractivity contribution in [2.24, 2.45) is 0 Å². The molecule has 0 fully saturated rings. The Morgan fingerprint density at radius 2 is 2.21 bits per heavy atom. The predicted molar refractivity (Wildman–Crippen MR) is 51.7 cm³/mol. The molecule has 0 aliphatic heterocycles. The molecule has 0 aliphatic rings. The van der Waals surface area contributed by atoms with E-state index in [-0.39, 0.29) is 0 Å². The van der Waals surface area contributed by atoms with Crippen molar-refractivity contribution in [1.29, 1.82) is 0 Å². The van der Waals surface area contributed by atoms with Crippen molar-refractivity contribution in [2.45, 2.75) is 13.0 Å². The van der Waals surface area contributed by atoms with E-state index >= 15 is 0 Å². The number of furan rings is 1. The lowest BCUT2D eigenvalue weighted by Gasteiger charge is -2.09. The molecule has 3 nitrogen and oxygen atoms in total. The van der Waals surface area contributed by atoms with Gasteiger partial charge >= 0.3 is 0 Å². The van der Waals surface area contributed by atoms with Crippen LogP contribution >= 0.6 is 0 Å². The standard InChI is InChI=1S/C11H11NO2/c1-8-4-2-6-12-10(8)11(13)9-5-3-7-14-9/h2-7,11,13H,1H3. The van der Waals surface area contributed by atoms with E-state index in [0.717, 1.165) is 5.56 Å². The zero-order valence-electron chi connectivity index (χ0n) is 7.84. The number of hydrogen-bond donors (Lipinski definition) is 1. The van der Waals surface area contributed by atoms with Gasteiger partial charge in [-0.05, 0) is 30.7 Å². The van der Waals surface area contributed by atoms with Crippen molar-refractivity contribution in [2.75, 3.05) is 0 Å². The molecule has 1 unspecified atom stereocenters. The summed E-state index contributed by atoms with van der Waals surface area (Å²) in [5, 5.41) is 9.91. The van der Waals surface area contributed by atoms with Gasteiger partial charge in [0.2, 0.25) is 0 Å². The highest BCUT2D eigenvalue weighted by Gasteiger charge is 2.15. The number of hydrogen-bond acceptors (Lipinski definition) is 3. The minimum Gasteiger partial charge on any atom is -0.466 e. The number of nitrogens with zero attached hydrogens (tertiary/aromatic N) is 1. The quantitative estimate of drug-likeness (QED) is 0.786. The molecule has 0 saturated heterocycles. The minimum atomic E-state index is -0.772. The average Bonchev–Trinajstić information content (AvgIpc) is 2.70. The van der Waals surface area contributed by atoms with Gasteiger partial charge in [-0.25, -0.2) is 0 Å². The molecular formula is C11H11NO2. The molecule has 0 amide bonds. The molecule has 2 heterocycles. The SMILES string of the molecule is Cc1cccnc1C(O)c1ccco1. The van der Waals surface area contributed by atoms with Crippen LogP contribution in [0.3, 0.4) is 0 Å². The van der Waals surface area contributed by atoms with E-state index in [9.17, 15) is 5.11 Å². The van der Waals surface area contributed by atoms with Crippen molar-refractivity contribution in [3.63, 3.8) is 0 Å². The van der Waals surface area contributed by atoms with E-state index < -0.39 is 6.10 Å². The molecule has 14 heavy (non-hydrogen) atoms. The number of aliphatic hydroxyl groups is 1. The maximum atomic E-state index is 9.91. The third kappa shape index (κ3) is 1.54. The molecular weight excluding hydrogens is 178 g/mol. The third-order valence-electron chi connectivity index (χ3n) is 2.12. The van der Waals surface area contributed by atoms with Gasteiger partial charge < -0.3 is 9.52 Å². The van der Waals surface area contributed by atoms with Crippen molar-refractivity contribution < 1.29 is 9.52 Å². The summed E-state index contributed by atoms with van der Waals surface area (Å²) in [4.78, 5) is 4.12. The van der Waals surface area contributed by atoms with Gasteiger partial charge in [0.25, 0.3) is 0 Å². The second-order valence-corrected chi connectivity index (χ2v) is 3.12. The van der Waals surface area contributed by atoms with E-state index in [1.165, 1.54) is 6.26 Å². The van der Waals surface area contributed by atoms with Crippen LogP contribution < -0.4 is 0 Å². The molecule has 2 aromatic heterocycles. The third-order valence-corrected chi connectivity index (χ3v) is 2.12. The van der Waals surface area contributed by atoms with Gasteiger partial charge in [0.05, 0.1) is 12.0 Å². The summed E-state index contributed by atoms with van der Waals surface area (Å²) < 4.78 is 5.11. The van der Waals surface area contributed by atoms with Crippen LogP contribution in [0, 0.1) is 6.92 Å². The molecule has 0 aromatic carbocycles. The molecule has 3 heteroatoms. The highest BCUT2D eigenvalue weighted by Crippen LogP contribution is 2.22. The number of rotatable bonds is 2. The molecule has 72 valence electrons. The fraction of sp³-hybridized carbons (Fsp3) is 0.182. The molecule has 0 saturated carbocycles. The van der Waals surface area contributed by atoms with Crippen molar-refractivity contribution >= 4 is 0 Å². The number of aliphatic hydroxyl groups excluding tert-OH is 1. The summed E-state index contributed by atoms with van der Waals surface area (Å²) in [5.41, 5.74) is 1.60. The lowest BCUT2D eigenvalue weighted by Crippen LogP contribution is -2.03. The fourth-order valence-electron chi connectivity index (χ4n) is 1.37. The van der Waals surface area contributed by atoms with Crippen LogP contribution in [-0.2, 0) is 0 Å². The van der Waals surface area contributed by atoms with Gasteiger partial charge in [-0.3, -0.25) is 4.98 Å². The van der Waals surface area contributed by atoms with Gasteiger partial charge in [0.15, 0.2) is 6.10 Å². The van der Waals surface area contributed by atoms with Gasteiger partial charge in [-0.2, -0.15) is 0 Å². The number of pyridine rings is 1. The Hall–Kier alpha value is -1.61. The zero-order valence-corrected chi connectivity index (χ0v) is 7.84. The van der Waals surface area contributed by atoms with Gasteiger partial charge in [0.1, 0.15) is 5.76 Å². The molecule has 0 radical (unpaired) electrons. The number of aromatic nitrogens is 1. The van der Waals surface area contributed by atoms with Crippen LogP contribution in [-0.4, -0.2) is 10.1 Å². The first-order valence-electron chi connectivity index (χ1n) is 4.42. The fourth-order valence-corrected chi connectivity index (χ4v) is 1.37. The average molecular weight is 189 g/mol. The van der Waals surface area contributed by atoms with Gasteiger partial charge in [0, 0.05) is 6.20 Å². The Labute approximate surface area is 82.0 Å². The maximum Gasteiger partial charge on any atom is 0.154 e. The molecule has 0 aliphatic carbocycles. The van der Waals surface area contributed by atoms with E-state index in [4.69, 9.17) is 4.42 Å². The molecule has 2 aromatic rings. The summed E-state index contributed by atoms with van der Waals surface area (Å²) in [5.74, 6) is 0.520. The zero-order chi connectivity index (χ0) is 9.97. The second-order valence-electron chi connectivity index (χ2n) is 3.12. The van der Waals surface area contributed by atoms with E-state index in [1.54, 1.807) is 18.3 Å². The van der Waals surface area contributed by atoms with Gasteiger partial charge in [-0.15, -0.1) is 0 Å². The van der Waals surface area contributed by atoms with Crippen LogP contribution in [0.5, 0.6) is 0 Å². The van der Waals surface area contributed by atoms with Crippen LogP contribution in [0.4, 0.5) is 0 Å². The first-order valence-corrected chi connectivity index (χ1v) is 4.42. The molecule has 1 N–H and O–H groups in total. The Morgan fingerprint density at radius 3 is 2.86 bits per heavy atom. The second kappa shape index (κ2) is 3.64. The lowest BCUT2D eigenvalue weighted by molar-refractivity contribution is 0.184. The van der Waals surface area contributed by atoms with Crippen LogP contribution in [0.2, 0.25) is 0 Å². The summed E-state index contributed by atoms with van der Waals surface area (Å²) in [6.07, 6.45) is 2.43. The van der Waals surface area contributed by atoms with Crippen molar-refractivity contribution in [3.05, 3.63) is 53.7 Å². The summed E-state index contributed by atoms with van der Waals surface area (Å²) in [7, 11) is 0. The Balaban J connectivity index is 2.37. The normalized spacial score (nSPS) is 12.7. The Bertz CT molecular complexity index is 409. The lowest BCUT2D eigenvalue weighted by atomic mass is 10.1. The largest absolute Gasteiger partial charge is 0.466 e. The molecule has 0 bridgehead atoms. The monoisotopic (exact) mass is 189 g/mol. The van der Waals surface area contributed by atoms with Gasteiger partial charge in [-0.1, -0.05) is 6.07 Å². The van der Waals surface area contributed by atoms with Crippen molar-refractivity contribution in [3.8, 4) is 0 Å². The van der Waals surface area contributed by atoms with E-state index in [2.05, 4.69) is 4.98 Å². The van der Waals surface area contributed by atoms with E-state index in [0.29, 0.717) is 11.5 Å². The topological polar surface area (TPSA) is 46.3 Å². The smallest absolute Gasteiger partial charge is 0.154 e. The first kappa shape index (κ1) is 8.97. The Kier molecular flexibility index (Phi) is 2.33. The van der Waals surface area contributed by atoms with Crippen LogP contribution in [0.25, 0.3) is 0 Å². The molecule has 1 atom stereocenters. The van der Waals surface area contributed by atoms with Crippen molar-refractivity contribution in [1.82, 2.24) is 4.98 Å². The maximum absolute atomic E-state index is 9.91. The van der Waals surface area contributed by atoms with Crippen LogP contribution in [0.1, 0.15) is 23.1 Å². The van der Waals surface area contributed by atoms with Crippen LogP contribution in [0.15, 0.2) is 41.1 Å². The Morgan fingerprint density at radius 1 is 1.36 bits per heavy atom. The number of aryl methyl sites for hydroxylation is 1. The highest BCUT2D eigenvalue weighted by molar-refractivity contribution is 5.25.